The van der Waals surface area contributed by atoms with Gasteiger partial charge >= 0.3 is 0 Å². The highest BCUT2D eigenvalue weighted by atomic mass is 19.1. The first-order chi connectivity index (χ1) is 9.25. The molecule has 106 valence electrons. The summed E-state index contributed by atoms with van der Waals surface area (Å²) >= 11 is 0. The summed E-state index contributed by atoms with van der Waals surface area (Å²) < 4.78 is 23.8. The third-order valence-electron chi connectivity index (χ3n) is 3.13. The number of ether oxygens (including phenoxy) is 2. The lowest BCUT2D eigenvalue weighted by atomic mass is 10.1. The molecule has 1 aromatic rings. The van der Waals surface area contributed by atoms with Crippen LogP contribution < -0.4 is 10.1 Å². The monoisotopic (exact) mass is 269 g/mol. The smallest absolute Gasteiger partial charge is 0.165 e. The van der Waals surface area contributed by atoms with E-state index in [-0.39, 0.29) is 12.4 Å². The first-order valence-electron chi connectivity index (χ1n) is 6.62. The highest BCUT2D eigenvalue weighted by Crippen LogP contribution is 2.15. The van der Waals surface area contributed by atoms with Crippen molar-refractivity contribution < 1.29 is 19.0 Å². The van der Waals surface area contributed by atoms with E-state index in [4.69, 9.17) is 9.47 Å². The minimum absolute atomic E-state index is 0.0805. The third-order valence-corrected chi connectivity index (χ3v) is 3.13. The van der Waals surface area contributed by atoms with Gasteiger partial charge in [-0.05, 0) is 25.0 Å². The summed E-state index contributed by atoms with van der Waals surface area (Å²) in [7, 11) is 0. The van der Waals surface area contributed by atoms with Crippen molar-refractivity contribution in [3.05, 3.63) is 30.1 Å². The van der Waals surface area contributed by atoms with Crippen LogP contribution in [0.3, 0.4) is 0 Å². The molecule has 4 nitrogen and oxygen atoms in total. The Hall–Kier alpha value is -1.17. The summed E-state index contributed by atoms with van der Waals surface area (Å²) in [6, 6.07) is 6.57. The number of aliphatic hydroxyl groups is 1. The second-order valence-electron chi connectivity index (χ2n) is 4.69. The number of para-hydroxylation sites is 1. The Labute approximate surface area is 112 Å². The standard InChI is InChI=1S/C14H20FNO3/c15-13-3-1-2-4-14(13)19-10-12(17)9-16-11-5-7-18-8-6-11/h1-4,11-12,16-17H,5-10H2. The molecule has 1 heterocycles. The Morgan fingerprint density at radius 1 is 1.37 bits per heavy atom. The molecule has 2 rings (SSSR count). The van der Waals surface area contributed by atoms with E-state index in [0.29, 0.717) is 12.6 Å². The molecule has 0 bridgehead atoms. The zero-order valence-electron chi connectivity index (χ0n) is 10.8. The second-order valence-corrected chi connectivity index (χ2v) is 4.69. The van der Waals surface area contributed by atoms with E-state index in [1.54, 1.807) is 18.2 Å². The quantitative estimate of drug-likeness (QED) is 0.818. The highest BCUT2D eigenvalue weighted by molar-refractivity contribution is 5.23. The van der Waals surface area contributed by atoms with Gasteiger partial charge in [0.2, 0.25) is 0 Å². The van der Waals surface area contributed by atoms with Gasteiger partial charge in [-0.3, -0.25) is 0 Å². The normalized spacial score (nSPS) is 18.2. The molecule has 1 aliphatic heterocycles. The zero-order valence-corrected chi connectivity index (χ0v) is 10.8. The predicted octanol–water partition coefficient (Wildman–Crippen LogP) is 1.33. The van der Waals surface area contributed by atoms with E-state index < -0.39 is 11.9 Å². The van der Waals surface area contributed by atoms with Crippen molar-refractivity contribution in [3.63, 3.8) is 0 Å². The lowest BCUT2D eigenvalue weighted by Gasteiger charge is -2.24. The van der Waals surface area contributed by atoms with Gasteiger partial charge < -0.3 is 19.9 Å². The molecule has 0 aliphatic carbocycles. The summed E-state index contributed by atoms with van der Waals surface area (Å²) in [4.78, 5) is 0. The molecule has 1 saturated heterocycles. The van der Waals surface area contributed by atoms with Gasteiger partial charge in [-0.25, -0.2) is 4.39 Å². The Morgan fingerprint density at radius 3 is 2.84 bits per heavy atom. The Balaban J connectivity index is 1.66. The predicted molar refractivity (Wildman–Crippen MR) is 69.7 cm³/mol. The molecule has 0 aromatic heterocycles. The summed E-state index contributed by atoms with van der Waals surface area (Å²) in [5.41, 5.74) is 0. The lowest BCUT2D eigenvalue weighted by molar-refractivity contribution is 0.0650. The molecule has 0 spiro atoms. The van der Waals surface area contributed by atoms with Crippen molar-refractivity contribution in [2.75, 3.05) is 26.4 Å². The molecule has 0 radical (unpaired) electrons. The third kappa shape index (κ3) is 4.78. The number of halogens is 1. The fraction of sp³-hybridized carbons (Fsp3) is 0.571. The molecule has 2 N–H and O–H groups in total. The van der Waals surface area contributed by atoms with Crippen LogP contribution in [0.4, 0.5) is 4.39 Å². The summed E-state index contributed by atoms with van der Waals surface area (Å²) in [6.45, 7) is 2.05. The second kappa shape index (κ2) is 7.43. The van der Waals surface area contributed by atoms with Crippen molar-refractivity contribution >= 4 is 0 Å². The number of hydrogen-bond donors (Lipinski definition) is 2. The maximum Gasteiger partial charge on any atom is 0.165 e. The van der Waals surface area contributed by atoms with Gasteiger partial charge in [0.05, 0.1) is 0 Å². The molecule has 1 unspecified atom stereocenters. The van der Waals surface area contributed by atoms with Gasteiger partial charge in [-0.1, -0.05) is 12.1 Å². The van der Waals surface area contributed by atoms with Crippen LogP contribution in [0.1, 0.15) is 12.8 Å². The van der Waals surface area contributed by atoms with Gasteiger partial charge in [0.1, 0.15) is 12.7 Å². The average Bonchev–Trinajstić information content (AvgIpc) is 2.45. The summed E-state index contributed by atoms with van der Waals surface area (Å²) in [5, 5.41) is 13.1. The van der Waals surface area contributed by atoms with Gasteiger partial charge in [-0.2, -0.15) is 0 Å². The Kier molecular flexibility index (Phi) is 5.57. The maximum atomic E-state index is 13.3. The number of rotatable bonds is 6. The van der Waals surface area contributed by atoms with E-state index >= 15 is 0 Å². The molecule has 5 heteroatoms. The van der Waals surface area contributed by atoms with Crippen molar-refractivity contribution in [3.8, 4) is 5.75 Å². The van der Waals surface area contributed by atoms with Crippen molar-refractivity contribution in [1.29, 1.82) is 0 Å². The van der Waals surface area contributed by atoms with E-state index in [1.165, 1.54) is 6.07 Å². The number of benzene rings is 1. The minimum atomic E-state index is -0.651. The number of aliphatic hydroxyl groups excluding tert-OH is 1. The lowest BCUT2D eigenvalue weighted by Crippen LogP contribution is -2.40. The average molecular weight is 269 g/mol. The Bertz CT molecular complexity index is 383. The fourth-order valence-corrected chi connectivity index (χ4v) is 2.01. The topological polar surface area (TPSA) is 50.7 Å². The van der Waals surface area contributed by atoms with E-state index in [9.17, 15) is 9.50 Å². The van der Waals surface area contributed by atoms with Gasteiger partial charge in [-0.15, -0.1) is 0 Å². The van der Waals surface area contributed by atoms with Crippen LogP contribution in [-0.4, -0.2) is 43.6 Å². The molecule has 1 aliphatic rings. The number of nitrogens with one attached hydrogen (secondary N) is 1. The first-order valence-corrected chi connectivity index (χ1v) is 6.62. The van der Waals surface area contributed by atoms with Crippen LogP contribution in [0.25, 0.3) is 0 Å². The van der Waals surface area contributed by atoms with E-state index in [2.05, 4.69) is 5.32 Å². The van der Waals surface area contributed by atoms with Crippen LogP contribution in [0.2, 0.25) is 0 Å². The summed E-state index contributed by atoms with van der Waals surface area (Å²) in [6.07, 6.45) is 1.27. The highest BCUT2D eigenvalue weighted by Gasteiger charge is 2.15. The maximum absolute atomic E-state index is 13.3. The molecule has 1 aromatic carbocycles. The first kappa shape index (κ1) is 14.2. The molecular formula is C14H20FNO3. The Morgan fingerprint density at radius 2 is 2.11 bits per heavy atom. The van der Waals surface area contributed by atoms with Crippen LogP contribution >= 0.6 is 0 Å². The summed E-state index contributed by atoms with van der Waals surface area (Å²) in [5.74, 6) is -0.236. The van der Waals surface area contributed by atoms with Crippen LogP contribution in [0.15, 0.2) is 24.3 Å². The molecular weight excluding hydrogens is 249 g/mol. The zero-order chi connectivity index (χ0) is 13.5. The molecule has 0 saturated carbocycles. The van der Waals surface area contributed by atoms with E-state index in [1.807, 2.05) is 0 Å². The van der Waals surface area contributed by atoms with Crippen molar-refractivity contribution in [1.82, 2.24) is 5.32 Å². The van der Waals surface area contributed by atoms with Gasteiger partial charge in [0.25, 0.3) is 0 Å². The van der Waals surface area contributed by atoms with Crippen LogP contribution in [0, 0.1) is 5.82 Å². The van der Waals surface area contributed by atoms with Gasteiger partial charge in [0, 0.05) is 25.8 Å². The minimum Gasteiger partial charge on any atom is -0.488 e. The molecule has 1 atom stereocenters. The largest absolute Gasteiger partial charge is 0.488 e. The van der Waals surface area contributed by atoms with Crippen molar-refractivity contribution in [2.45, 2.75) is 25.0 Å². The van der Waals surface area contributed by atoms with E-state index in [0.717, 1.165) is 26.1 Å². The molecule has 19 heavy (non-hydrogen) atoms. The number of hydrogen-bond acceptors (Lipinski definition) is 4. The van der Waals surface area contributed by atoms with Crippen molar-refractivity contribution in [2.24, 2.45) is 0 Å². The SMILES string of the molecule is OC(CNC1CCOCC1)COc1ccccc1F. The fourth-order valence-electron chi connectivity index (χ4n) is 2.01. The van der Waals surface area contributed by atoms with Crippen LogP contribution in [-0.2, 0) is 4.74 Å². The van der Waals surface area contributed by atoms with Crippen LogP contribution in [0.5, 0.6) is 5.75 Å². The molecule has 1 fully saturated rings. The molecule has 0 amide bonds. The van der Waals surface area contributed by atoms with Gasteiger partial charge in [0.15, 0.2) is 11.6 Å².